The van der Waals surface area contributed by atoms with Crippen LogP contribution in [0, 0.1) is 0 Å². The Morgan fingerprint density at radius 1 is 1.18 bits per heavy atom. The third-order valence-corrected chi connectivity index (χ3v) is 3.94. The smallest absolute Gasteiger partial charge is 0.238 e. The fourth-order valence-corrected chi connectivity index (χ4v) is 2.27. The first-order valence-corrected chi connectivity index (χ1v) is 8.57. The quantitative estimate of drug-likeness (QED) is 0.512. The van der Waals surface area contributed by atoms with E-state index in [1.165, 1.54) is 12.1 Å². The van der Waals surface area contributed by atoms with Gasteiger partial charge in [0, 0.05) is 19.6 Å². The third-order valence-electron chi connectivity index (χ3n) is 3.01. The highest BCUT2D eigenvalue weighted by Gasteiger charge is 2.06. The molecule has 0 aliphatic carbocycles. The average Bonchev–Trinajstić information content (AvgIpc) is 2.43. The minimum Gasteiger partial charge on any atom is -0.355 e. The number of sulfonamides is 1. The van der Waals surface area contributed by atoms with Crippen LogP contribution < -0.4 is 15.8 Å². The van der Waals surface area contributed by atoms with Crippen molar-refractivity contribution in [2.45, 2.75) is 11.3 Å². The Bertz CT molecular complexity index is 570. The highest BCUT2D eigenvalue weighted by molar-refractivity contribution is 7.89. The summed E-state index contributed by atoms with van der Waals surface area (Å²) in [6, 6.07) is 6.33. The molecular formula is C14H24N4O3S. The van der Waals surface area contributed by atoms with E-state index in [4.69, 9.17) is 5.14 Å². The molecule has 8 heteroatoms. The number of rotatable bonds is 9. The van der Waals surface area contributed by atoms with E-state index in [1.54, 1.807) is 12.1 Å². The fourth-order valence-electron chi connectivity index (χ4n) is 1.76. The van der Waals surface area contributed by atoms with Gasteiger partial charge in [-0.25, -0.2) is 13.6 Å². The van der Waals surface area contributed by atoms with Crippen LogP contribution in [0.25, 0.3) is 0 Å². The lowest BCUT2D eigenvalue weighted by atomic mass is 10.1. The van der Waals surface area contributed by atoms with Crippen molar-refractivity contribution >= 4 is 15.9 Å². The molecule has 0 bridgehead atoms. The minimum atomic E-state index is -3.65. The number of nitrogens with zero attached hydrogens (tertiary/aromatic N) is 1. The van der Waals surface area contributed by atoms with Crippen LogP contribution >= 0.6 is 0 Å². The second kappa shape index (κ2) is 8.84. The topological polar surface area (TPSA) is 105 Å². The Hall–Kier alpha value is -1.48. The number of amides is 1. The van der Waals surface area contributed by atoms with Crippen molar-refractivity contribution in [1.82, 2.24) is 15.5 Å². The van der Waals surface area contributed by atoms with Crippen LogP contribution in [-0.2, 0) is 21.2 Å². The second-order valence-electron chi connectivity index (χ2n) is 5.27. The monoisotopic (exact) mass is 328 g/mol. The Labute approximate surface area is 131 Å². The van der Waals surface area contributed by atoms with Gasteiger partial charge in [0.15, 0.2) is 0 Å². The van der Waals surface area contributed by atoms with Crippen molar-refractivity contribution in [3.05, 3.63) is 29.8 Å². The number of primary sulfonamides is 1. The summed E-state index contributed by atoms with van der Waals surface area (Å²) in [5.74, 6) is -0.0556. The molecule has 0 aliphatic heterocycles. The van der Waals surface area contributed by atoms with E-state index in [-0.39, 0.29) is 17.3 Å². The van der Waals surface area contributed by atoms with Crippen molar-refractivity contribution in [1.29, 1.82) is 0 Å². The van der Waals surface area contributed by atoms with Crippen LogP contribution in [0.2, 0.25) is 0 Å². The number of nitrogens with two attached hydrogens (primary N) is 1. The molecule has 0 saturated heterocycles. The molecule has 0 unspecified atom stereocenters. The number of carbonyl (C=O) groups is 1. The number of hydrogen-bond acceptors (Lipinski definition) is 5. The summed E-state index contributed by atoms with van der Waals surface area (Å²) >= 11 is 0. The Morgan fingerprint density at radius 3 is 2.36 bits per heavy atom. The van der Waals surface area contributed by atoms with E-state index >= 15 is 0 Å². The van der Waals surface area contributed by atoms with Crippen LogP contribution in [0.5, 0.6) is 0 Å². The second-order valence-corrected chi connectivity index (χ2v) is 6.83. The number of nitrogens with one attached hydrogen (secondary N) is 2. The van der Waals surface area contributed by atoms with Gasteiger partial charge in [-0.2, -0.15) is 0 Å². The van der Waals surface area contributed by atoms with Gasteiger partial charge in [-0.3, -0.25) is 4.79 Å². The molecule has 22 heavy (non-hydrogen) atoms. The van der Waals surface area contributed by atoms with Crippen molar-refractivity contribution in [3.63, 3.8) is 0 Å². The molecule has 1 amide bonds. The van der Waals surface area contributed by atoms with E-state index in [2.05, 4.69) is 10.6 Å². The first-order chi connectivity index (χ1) is 10.3. The summed E-state index contributed by atoms with van der Waals surface area (Å²) in [6.07, 6.45) is 0.633. The normalized spacial score (nSPS) is 11.6. The average molecular weight is 328 g/mol. The molecule has 124 valence electrons. The molecule has 1 aromatic rings. The van der Waals surface area contributed by atoms with Crippen LogP contribution in [-0.4, -0.2) is 59.5 Å². The van der Waals surface area contributed by atoms with Gasteiger partial charge in [-0.15, -0.1) is 0 Å². The summed E-state index contributed by atoms with van der Waals surface area (Å²) in [6.45, 7) is 2.43. The maximum absolute atomic E-state index is 11.6. The van der Waals surface area contributed by atoms with E-state index in [9.17, 15) is 13.2 Å². The lowest BCUT2D eigenvalue weighted by molar-refractivity contribution is -0.120. The highest BCUT2D eigenvalue weighted by atomic mass is 32.2. The highest BCUT2D eigenvalue weighted by Crippen LogP contribution is 2.08. The van der Waals surface area contributed by atoms with Crippen molar-refractivity contribution < 1.29 is 13.2 Å². The number of benzene rings is 1. The largest absolute Gasteiger partial charge is 0.355 e. The zero-order valence-electron chi connectivity index (χ0n) is 13.0. The zero-order valence-corrected chi connectivity index (χ0v) is 13.8. The van der Waals surface area contributed by atoms with Gasteiger partial charge in [-0.05, 0) is 38.2 Å². The standard InChI is InChI=1S/C14H24N4O3S/c1-18(2)10-9-16-11-14(19)17-8-7-12-3-5-13(6-4-12)22(15,20)21/h3-6,16H,7-11H2,1-2H3,(H,17,19)(H2,15,20,21). The van der Waals surface area contributed by atoms with Crippen molar-refractivity contribution in [2.75, 3.05) is 40.3 Å². The molecule has 0 aromatic heterocycles. The number of likely N-dealkylation sites (N-methyl/N-ethyl adjacent to an activating group) is 1. The molecule has 0 aliphatic rings. The summed E-state index contributed by atoms with van der Waals surface area (Å²) in [7, 11) is 0.296. The molecule has 0 fully saturated rings. The predicted octanol–water partition coefficient (Wildman–Crippen LogP) is -0.856. The van der Waals surface area contributed by atoms with Crippen LogP contribution in [0.4, 0.5) is 0 Å². The Kier molecular flexibility index (Phi) is 7.46. The van der Waals surface area contributed by atoms with Crippen LogP contribution in [0.3, 0.4) is 0 Å². The summed E-state index contributed by atoms with van der Waals surface area (Å²) in [5, 5.41) is 10.9. The van der Waals surface area contributed by atoms with Crippen molar-refractivity contribution in [3.8, 4) is 0 Å². The van der Waals surface area contributed by atoms with Gasteiger partial charge < -0.3 is 15.5 Å². The molecule has 0 saturated carbocycles. The number of hydrogen-bond donors (Lipinski definition) is 3. The predicted molar refractivity (Wildman–Crippen MR) is 86.0 cm³/mol. The van der Waals surface area contributed by atoms with Gasteiger partial charge in [0.2, 0.25) is 15.9 Å². The molecule has 0 spiro atoms. The molecular weight excluding hydrogens is 304 g/mol. The minimum absolute atomic E-state index is 0.0556. The van der Waals surface area contributed by atoms with E-state index in [1.807, 2.05) is 19.0 Å². The van der Waals surface area contributed by atoms with Gasteiger partial charge in [-0.1, -0.05) is 12.1 Å². The van der Waals surface area contributed by atoms with Gasteiger partial charge in [0.05, 0.1) is 11.4 Å². The molecule has 0 heterocycles. The van der Waals surface area contributed by atoms with Crippen LogP contribution in [0.15, 0.2) is 29.2 Å². The number of carbonyl (C=O) groups excluding carboxylic acids is 1. The molecule has 1 rings (SSSR count). The zero-order chi connectivity index (χ0) is 16.6. The molecule has 7 nitrogen and oxygen atoms in total. The molecule has 1 aromatic carbocycles. The summed E-state index contributed by atoms with van der Waals surface area (Å²) in [4.78, 5) is 13.7. The lowest BCUT2D eigenvalue weighted by Crippen LogP contribution is -2.37. The van der Waals surface area contributed by atoms with Crippen molar-refractivity contribution in [2.24, 2.45) is 5.14 Å². The van der Waals surface area contributed by atoms with E-state index < -0.39 is 10.0 Å². The Balaban J connectivity index is 2.25. The molecule has 0 atom stereocenters. The first kappa shape index (κ1) is 18.6. The van der Waals surface area contributed by atoms with Gasteiger partial charge in [0.1, 0.15) is 0 Å². The lowest BCUT2D eigenvalue weighted by Gasteiger charge is -2.10. The van der Waals surface area contributed by atoms with Gasteiger partial charge >= 0.3 is 0 Å². The van der Waals surface area contributed by atoms with Gasteiger partial charge in [0.25, 0.3) is 0 Å². The molecule has 4 N–H and O–H groups in total. The Morgan fingerprint density at radius 2 is 1.82 bits per heavy atom. The summed E-state index contributed by atoms with van der Waals surface area (Å²) in [5.41, 5.74) is 0.938. The van der Waals surface area contributed by atoms with E-state index in [0.29, 0.717) is 13.0 Å². The van der Waals surface area contributed by atoms with Crippen LogP contribution in [0.1, 0.15) is 5.56 Å². The molecule has 0 radical (unpaired) electrons. The SMILES string of the molecule is CN(C)CCNCC(=O)NCCc1ccc(S(N)(=O)=O)cc1. The van der Waals surface area contributed by atoms with E-state index in [0.717, 1.165) is 18.7 Å². The third kappa shape index (κ3) is 7.51. The maximum Gasteiger partial charge on any atom is 0.238 e. The fraction of sp³-hybridized carbons (Fsp3) is 0.500. The maximum atomic E-state index is 11.6. The summed E-state index contributed by atoms with van der Waals surface area (Å²) < 4.78 is 22.3. The first-order valence-electron chi connectivity index (χ1n) is 7.03.